The van der Waals surface area contributed by atoms with E-state index >= 15 is 0 Å². The number of carbonyl (C=O) groups is 2. The summed E-state index contributed by atoms with van der Waals surface area (Å²) in [6.45, 7) is 5.73. The van der Waals surface area contributed by atoms with E-state index in [1.54, 1.807) is 48.5 Å². The lowest BCUT2D eigenvalue weighted by molar-refractivity contribution is 0.0919. The maximum absolute atomic E-state index is 12.4. The van der Waals surface area contributed by atoms with Crippen molar-refractivity contribution in [1.29, 1.82) is 0 Å². The van der Waals surface area contributed by atoms with Gasteiger partial charge in [-0.25, -0.2) is 0 Å². The average molecular weight is 355 g/mol. The maximum Gasteiger partial charge on any atom is 0.257 e. The summed E-state index contributed by atoms with van der Waals surface area (Å²) in [5, 5.41) is 8.56. The molecular weight excluding hydrogens is 334 g/mol. The molecular formula is C19H21N3O2S. The second kappa shape index (κ2) is 7.90. The third-order valence-electron chi connectivity index (χ3n) is 3.17. The fraction of sp³-hybridized carbons (Fsp3) is 0.211. The third kappa shape index (κ3) is 5.69. The second-order valence-electron chi connectivity index (χ2n) is 6.52. The van der Waals surface area contributed by atoms with E-state index in [1.807, 2.05) is 26.8 Å². The summed E-state index contributed by atoms with van der Waals surface area (Å²) in [6, 6.07) is 15.8. The monoisotopic (exact) mass is 355 g/mol. The van der Waals surface area contributed by atoms with Gasteiger partial charge in [0.1, 0.15) is 0 Å². The SMILES string of the molecule is CC(C)(C)NC(=O)c1ccccc1NC(=S)NC(=O)c1ccccc1. The predicted octanol–water partition coefficient (Wildman–Crippen LogP) is 3.34. The Kier molecular flexibility index (Phi) is 5.88. The zero-order valence-electron chi connectivity index (χ0n) is 14.4. The molecule has 0 bridgehead atoms. The molecule has 3 N–H and O–H groups in total. The molecule has 2 aromatic carbocycles. The molecule has 5 nitrogen and oxygen atoms in total. The molecule has 25 heavy (non-hydrogen) atoms. The van der Waals surface area contributed by atoms with Crippen LogP contribution < -0.4 is 16.0 Å². The Bertz CT molecular complexity index is 783. The highest BCUT2D eigenvalue weighted by Gasteiger charge is 2.18. The zero-order valence-corrected chi connectivity index (χ0v) is 15.2. The third-order valence-corrected chi connectivity index (χ3v) is 3.38. The van der Waals surface area contributed by atoms with E-state index in [2.05, 4.69) is 16.0 Å². The number of anilines is 1. The van der Waals surface area contributed by atoms with Crippen LogP contribution >= 0.6 is 12.2 Å². The first-order valence-corrected chi connectivity index (χ1v) is 8.26. The van der Waals surface area contributed by atoms with Crippen LogP contribution in [0.3, 0.4) is 0 Å². The van der Waals surface area contributed by atoms with Crippen LogP contribution in [0.1, 0.15) is 41.5 Å². The van der Waals surface area contributed by atoms with Gasteiger partial charge in [0.25, 0.3) is 11.8 Å². The van der Waals surface area contributed by atoms with E-state index in [0.29, 0.717) is 16.8 Å². The van der Waals surface area contributed by atoms with Gasteiger partial charge in [-0.3, -0.25) is 14.9 Å². The summed E-state index contributed by atoms with van der Waals surface area (Å²) in [6.07, 6.45) is 0. The van der Waals surface area contributed by atoms with E-state index in [-0.39, 0.29) is 22.5 Å². The Balaban J connectivity index is 2.08. The Hall–Kier alpha value is -2.73. The summed E-state index contributed by atoms with van der Waals surface area (Å²) < 4.78 is 0. The minimum Gasteiger partial charge on any atom is -0.347 e. The lowest BCUT2D eigenvalue weighted by atomic mass is 10.1. The molecule has 2 amide bonds. The standard InChI is InChI=1S/C19H21N3O2S/c1-19(2,3)22-17(24)14-11-7-8-12-15(14)20-18(25)21-16(23)13-9-5-4-6-10-13/h4-12H,1-3H3,(H,22,24)(H2,20,21,23,25). The number of rotatable bonds is 3. The van der Waals surface area contributed by atoms with Crippen LogP contribution in [0.4, 0.5) is 5.69 Å². The highest BCUT2D eigenvalue weighted by atomic mass is 32.1. The first-order valence-electron chi connectivity index (χ1n) is 7.85. The molecule has 0 radical (unpaired) electrons. The molecule has 0 heterocycles. The van der Waals surface area contributed by atoms with Gasteiger partial charge in [0, 0.05) is 11.1 Å². The molecule has 0 aliphatic heterocycles. The Labute approximate surface area is 152 Å². The first kappa shape index (κ1) is 18.6. The molecule has 2 rings (SSSR count). The van der Waals surface area contributed by atoms with E-state index in [9.17, 15) is 9.59 Å². The second-order valence-corrected chi connectivity index (χ2v) is 6.93. The lowest BCUT2D eigenvalue weighted by Gasteiger charge is -2.21. The van der Waals surface area contributed by atoms with Crippen LogP contribution in [-0.2, 0) is 0 Å². The number of para-hydroxylation sites is 1. The number of amides is 2. The summed E-state index contributed by atoms with van der Waals surface area (Å²) >= 11 is 5.19. The molecule has 0 atom stereocenters. The van der Waals surface area contributed by atoms with E-state index in [4.69, 9.17) is 12.2 Å². The van der Waals surface area contributed by atoms with Crippen LogP contribution in [0.25, 0.3) is 0 Å². The summed E-state index contributed by atoms with van der Waals surface area (Å²) in [5.41, 5.74) is 1.13. The molecule has 0 saturated heterocycles. The number of nitrogens with one attached hydrogen (secondary N) is 3. The number of benzene rings is 2. The molecule has 0 spiro atoms. The van der Waals surface area contributed by atoms with Gasteiger partial charge < -0.3 is 10.6 Å². The number of hydrogen-bond acceptors (Lipinski definition) is 3. The van der Waals surface area contributed by atoms with Crippen LogP contribution in [0.5, 0.6) is 0 Å². The highest BCUT2D eigenvalue weighted by Crippen LogP contribution is 2.16. The summed E-state index contributed by atoms with van der Waals surface area (Å²) in [5.74, 6) is -0.525. The van der Waals surface area contributed by atoms with E-state index in [0.717, 1.165) is 0 Å². The van der Waals surface area contributed by atoms with Crippen molar-refractivity contribution < 1.29 is 9.59 Å². The molecule has 0 aromatic heterocycles. The fourth-order valence-electron chi connectivity index (χ4n) is 2.12. The van der Waals surface area contributed by atoms with Crippen LogP contribution in [-0.4, -0.2) is 22.5 Å². The number of hydrogen-bond donors (Lipinski definition) is 3. The van der Waals surface area contributed by atoms with Gasteiger partial charge in [0.15, 0.2) is 5.11 Å². The van der Waals surface area contributed by atoms with Crippen molar-refractivity contribution in [2.24, 2.45) is 0 Å². The molecule has 130 valence electrons. The first-order chi connectivity index (χ1) is 11.8. The van der Waals surface area contributed by atoms with E-state index in [1.165, 1.54) is 0 Å². The van der Waals surface area contributed by atoms with Gasteiger partial charge in [-0.2, -0.15) is 0 Å². The van der Waals surface area contributed by atoms with Crippen molar-refractivity contribution in [3.63, 3.8) is 0 Å². The van der Waals surface area contributed by atoms with Gasteiger partial charge in [-0.15, -0.1) is 0 Å². The topological polar surface area (TPSA) is 70.2 Å². The predicted molar refractivity (Wildman–Crippen MR) is 104 cm³/mol. The van der Waals surface area contributed by atoms with Crippen LogP contribution in [0.15, 0.2) is 54.6 Å². The normalized spacial score (nSPS) is 10.7. The van der Waals surface area contributed by atoms with Gasteiger partial charge in [-0.05, 0) is 57.3 Å². The molecule has 6 heteroatoms. The smallest absolute Gasteiger partial charge is 0.257 e. The molecule has 0 fully saturated rings. The fourth-order valence-corrected chi connectivity index (χ4v) is 2.32. The Morgan fingerprint density at radius 2 is 1.48 bits per heavy atom. The van der Waals surface area contributed by atoms with Crippen molar-refractivity contribution in [3.05, 3.63) is 65.7 Å². The van der Waals surface area contributed by atoms with Crippen molar-refractivity contribution >= 4 is 34.8 Å². The lowest BCUT2D eigenvalue weighted by Crippen LogP contribution is -2.41. The van der Waals surface area contributed by atoms with Gasteiger partial charge in [0.05, 0.1) is 11.3 Å². The quantitative estimate of drug-likeness (QED) is 0.739. The van der Waals surface area contributed by atoms with Gasteiger partial charge >= 0.3 is 0 Å². The Morgan fingerprint density at radius 3 is 2.12 bits per heavy atom. The van der Waals surface area contributed by atoms with Crippen LogP contribution in [0, 0.1) is 0 Å². The molecule has 0 aliphatic rings. The summed E-state index contributed by atoms with van der Waals surface area (Å²) in [7, 11) is 0. The minimum atomic E-state index is -0.355. The van der Waals surface area contributed by atoms with Crippen molar-refractivity contribution in [3.8, 4) is 0 Å². The van der Waals surface area contributed by atoms with Crippen molar-refractivity contribution in [2.75, 3.05) is 5.32 Å². The summed E-state index contributed by atoms with van der Waals surface area (Å²) in [4.78, 5) is 24.6. The zero-order chi connectivity index (χ0) is 18.4. The Morgan fingerprint density at radius 1 is 0.880 bits per heavy atom. The van der Waals surface area contributed by atoms with Gasteiger partial charge in [0.2, 0.25) is 0 Å². The minimum absolute atomic E-state index is 0.130. The largest absolute Gasteiger partial charge is 0.347 e. The molecule has 0 aliphatic carbocycles. The maximum atomic E-state index is 12.4. The van der Waals surface area contributed by atoms with Gasteiger partial charge in [-0.1, -0.05) is 30.3 Å². The van der Waals surface area contributed by atoms with Crippen molar-refractivity contribution in [2.45, 2.75) is 26.3 Å². The van der Waals surface area contributed by atoms with Crippen LogP contribution in [0.2, 0.25) is 0 Å². The number of carbonyl (C=O) groups excluding carboxylic acids is 2. The van der Waals surface area contributed by atoms with E-state index < -0.39 is 0 Å². The van der Waals surface area contributed by atoms with Crippen molar-refractivity contribution in [1.82, 2.24) is 10.6 Å². The average Bonchev–Trinajstić information content (AvgIpc) is 2.54. The molecule has 0 unspecified atom stereocenters. The molecule has 2 aromatic rings. The highest BCUT2D eigenvalue weighted by molar-refractivity contribution is 7.80. The number of thiocarbonyl (C=S) groups is 1. The molecule has 0 saturated carbocycles.